The minimum atomic E-state index is -3.63. The summed E-state index contributed by atoms with van der Waals surface area (Å²) in [5.41, 5.74) is 1.65. The Bertz CT molecular complexity index is 647. The van der Waals surface area contributed by atoms with Crippen molar-refractivity contribution >= 4 is 16.2 Å². The molecule has 0 aliphatic carbocycles. The molecule has 1 heterocycles. The summed E-state index contributed by atoms with van der Waals surface area (Å²) in [6.45, 7) is 1.90. The molecule has 0 bridgehead atoms. The molecule has 0 unspecified atom stereocenters. The van der Waals surface area contributed by atoms with Crippen LogP contribution in [-0.2, 0) is 10.0 Å². The number of rotatable bonds is 3. The van der Waals surface area contributed by atoms with E-state index in [1.165, 1.54) is 6.21 Å². The normalized spacial score (nSPS) is 11.8. The first-order chi connectivity index (χ1) is 8.58. The average molecular weight is 260 g/mol. The average Bonchev–Trinajstić information content (AvgIpc) is 2.38. The van der Waals surface area contributed by atoms with Crippen molar-refractivity contribution in [1.82, 2.24) is 4.98 Å². The van der Waals surface area contributed by atoms with E-state index < -0.39 is 10.0 Å². The predicted molar refractivity (Wildman–Crippen MR) is 70.2 cm³/mol. The first-order valence-electron chi connectivity index (χ1n) is 5.35. The molecule has 18 heavy (non-hydrogen) atoms. The van der Waals surface area contributed by atoms with E-state index in [0.717, 1.165) is 5.56 Å². The van der Waals surface area contributed by atoms with E-state index in [-0.39, 0.29) is 4.90 Å². The molecule has 2 aromatic rings. The highest BCUT2D eigenvalue weighted by Gasteiger charge is 2.10. The molecule has 0 aliphatic rings. The fourth-order valence-electron chi connectivity index (χ4n) is 1.35. The SMILES string of the molecule is Cc1ccc(S(=O)(=O)N=Cc2cccnc2)cc1. The highest BCUT2D eigenvalue weighted by Crippen LogP contribution is 2.12. The lowest BCUT2D eigenvalue weighted by Crippen LogP contribution is -1.97. The Morgan fingerprint density at radius 3 is 2.50 bits per heavy atom. The van der Waals surface area contributed by atoms with Gasteiger partial charge in [-0.05, 0) is 25.1 Å². The number of pyridine rings is 1. The van der Waals surface area contributed by atoms with Gasteiger partial charge in [-0.2, -0.15) is 12.8 Å². The number of aromatic nitrogens is 1. The molecule has 0 atom stereocenters. The zero-order valence-electron chi connectivity index (χ0n) is 9.82. The second kappa shape index (κ2) is 5.10. The van der Waals surface area contributed by atoms with Crippen LogP contribution in [0.25, 0.3) is 0 Å². The lowest BCUT2D eigenvalue weighted by Gasteiger charge is -1.99. The van der Waals surface area contributed by atoms with Crippen molar-refractivity contribution in [3.05, 3.63) is 59.9 Å². The highest BCUT2D eigenvalue weighted by molar-refractivity contribution is 7.90. The molecule has 4 nitrogen and oxygen atoms in total. The summed E-state index contributed by atoms with van der Waals surface area (Å²) < 4.78 is 27.4. The Balaban J connectivity index is 2.28. The Hall–Kier alpha value is -2.01. The van der Waals surface area contributed by atoms with Crippen LogP contribution in [0.1, 0.15) is 11.1 Å². The third-order valence-corrected chi connectivity index (χ3v) is 3.59. The number of nitrogens with zero attached hydrogens (tertiary/aromatic N) is 2. The summed E-state index contributed by atoms with van der Waals surface area (Å²) in [4.78, 5) is 4.07. The van der Waals surface area contributed by atoms with Crippen molar-refractivity contribution in [2.45, 2.75) is 11.8 Å². The molecular weight excluding hydrogens is 248 g/mol. The third kappa shape index (κ3) is 3.01. The molecular formula is C13H12N2O2S. The minimum Gasteiger partial charge on any atom is -0.264 e. The molecule has 1 aromatic carbocycles. The van der Waals surface area contributed by atoms with E-state index in [9.17, 15) is 8.42 Å². The molecule has 0 amide bonds. The fourth-order valence-corrected chi connectivity index (χ4v) is 2.22. The van der Waals surface area contributed by atoms with E-state index in [1.807, 2.05) is 6.92 Å². The second-order valence-corrected chi connectivity index (χ2v) is 5.44. The van der Waals surface area contributed by atoms with E-state index in [4.69, 9.17) is 0 Å². The lowest BCUT2D eigenvalue weighted by atomic mass is 10.2. The standard InChI is InChI=1S/C13H12N2O2S/c1-11-4-6-13(7-5-11)18(16,17)15-10-12-3-2-8-14-9-12/h2-10H,1H3. The van der Waals surface area contributed by atoms with Gasteiger partial charge in [-0.1, -0.05) is 23.8 Å². The van der Waals surface area contributed by atoms with Crippen LogP contribution in [-0.4, -0.2) is 19.6 Å². The van der Waals surface area contributed by atoms with Gasteiger partial charge < -0.3 is 0 Å². The summed E-state index contributed by atoms with van der Waals surface area (Å²) in [6.07, 6.45) is 4.46. The zero-order valence-corrected chi connectivity index (χ0v) is 10.6. The van der Waals surface area contributed by atoms with Gasteiger partial charge in [0.25, 0.3) is 10.0 Å². The van der Waals surface area contributed by atoms with Gasteiger partial charge in [0.2, 0.25) is 0 Å². The van der Waals surface area contributed by atoms with Crippen molar-refractivity contribution in [2.75, 3.05) is 0 Å². The molecule has 0 aliphatic heterocycles. The third-order valence-electron chi connectivity index (χ3n) is 2.34. The smallest absolute Gasteiger partial charge is 0.264 e. The van der Waals surface area contributed by atoms with Gasteiger partial charge in [0, 0.05) is 24.2 Å². The van der Waals surface area contributed by atoms with Crippen LogP contribution in [0.5, 0.6) is 0 Å². The number of benzene rings is 1. The Morgan fingerprint density at radius 2 is 1.89 bits per heavy atom. The van der Waals surface area contributed by atoms with Gasteiger partial charge in [-0.25, -0.2) is 0 Å². The molecule has 0 saturated carbocycles. The molecule has 0 N–H and O–H groups in total. The monoisotopic (exact) mass is 260 g/mol. The van der Waals surface area contributed by atoms with Crippen molar-refractivity contribution in [2.24, 2.45) is 4.40 Å². The molecule has 0 spiro atoms. The van der Waals surface area contributed by atoms with Crippen LogP contribution in [0.4, 0.5) is 0 Å². The number of sulfonamides is 1. The van der Waals surface area contributed by atoms with Crippen molar-refractivity contribution in [3.8, 4) is 0 Å². The fraction of sp³-hybridized carbons (Fsp3) is 0.0769. The first-order valence-corrected chi connectivity index (χ1v) is 6.79. The highest BCUT2D eigenvalue weighted by atomic mass is 32.2. The van der Waals surface area contributed by atoms with Crippen LogP contribution >= 0.6 is 0 Å². The summed E-state index contributed by atoms with van der Waals surface area (Å²) in [6, 6.07) is 10.0. The van der Waals surface area contributed by atoms with E-state index >= 15 is 0 Å². The van der Waals surface area contributed by atoms with Gasteiger partial charge in [-0.15, -0.1) is 0 Å². The second-order valence-electron chi connectivity index (χ2n) is 3.81. The number of hydrogen-bond donors (Lipinski definition) is 0. The van der Waals surface area contributed by atoms with Gasteiger partial charge in [0.05, 0.1) is 4.90 Å². The summed E-state index contributed by atoms with van der Waals surface area (Å²) in [5, 5.41) is 0. The van der Waals surface area contributed by atoms with Gasteiger partial charge in [-0.3, -0.25) is 4.98 Å². The van der Waals surface area contributed by atoms with E-state index in [2.05, 4.69) is 9.38 Å². The summed E-state index contributed by atoms with van der Waals surface area (Å²) in [5.74, 6) is 0. The summed E-state index contributed by atoms with van der Waals surface area (Å²) >= 11 is 0. The van der Waals surface area contributed by atoms with Crippen molar-refractivity contribution in [3.63, 3.8) is 0 Å². The molecule has 1 aromatic heterocycles. The Labute approximate surface area is 106 Å². The van der Waals surface area contributed by atoms with Crippen molar-refractivity contribution in [1.29, 1.82) is 0 Å². The van der Waals surface area contributed by atoms with Crippen LogP contribution in [0.3, 0.4) is 0 Å². The molecule has 92 valence electrons. The maximum Gasteiger partial charge on any atom is 0.282 e. The van der Waals surface area contributed by atoms with Crippen LogP contribution < -0.4 is 0 Å². The molecule has 0 saturated heterocycles. The quantitative estimate of drug-likeness (QED) is 0.795. The minimum absolute atomic E-state index is 0.188. The lowest BCUT2D eigenvalue weighted by molar-refractivity contribution is 0.598. The molecule has 2 rings (SSSR count). The number of hydrogen-bond acceptors (Lipinski definition) is 3. The largest absolute Gasteiger partial charge is 0.282 e. The maximum atomic E-state index is 11.9. The Morgan fingerprint density at radius 1 is 1.17 bits per heavy atom. The first kappa shape index (κ1) is 12.4. The molecule has 5 heteroatoms. The predicted octanol–water partition coefficient (Wildman–Crippen LogP) is 2.20. The Kier molecular flexibility index (Phi) is 3.53. The summed E-state index contributed by atoms with van der Waals surface area (Å²) in [7, 11) is -3.63. The van der Waals surface area contributed by atoms with Gasteiger partial charge in [0.1, 0.15) is 0 Å². The molecule has 0 fully saturated rings. The topological polar surface area (TPSA) is 59.4 Å². The number of aryl methyl sites for hydroxylation is 1. The van der Waals surface area contributed by atoms with Gasteiger partial charge >= 0.3 is 0 Å². The van der Waals surface area contributed by atoms with E-state index in [0.29, 0.717) is 5.56 Å². The zero-order chi connectivity index (χ0) is 13.0. The van der Waals surface area contributed by atoms with Gasteiger partial charge in [0.15, 0.2) is 0 Å². The maximum absolute atomic E-state index is 11.9. The van der Waals surface area contributed by atoms with E-state index in [1.54, 1.807) is 48.8 Å². The van der Waals surface area contributed by atoms with Crippen LogP contribution in [0, 0.1) is 6.92 Å². The van der Waals surface area contributed by atoms with Crippen LogP contribution in [0.15, 0.2) is 58.1 Å². The molecule has 0 radical (unpaired) electrons. The van der Waals surface area contributed by atoms with Crippen molar-refractivity contribution < 1.29 is 8.42 Å². The van der Waals surface area contributed by atoms with Crippen LogP contribution in [0.2, 0.25) is 0 Å².